The molecule has 0 aliphatic rings. The molecular formula is C13H16N2O5. The summed E-state index contributed by atoms with van der Waals surface area (Å²) in [6, 6.07) is 1.69. The molecule has 0 unspecified atom stereocenters. The number of imidazole rings is 1. The normalized spacial score (nSPS) is 9.95. The molecule has 0 fully saturated rings. The van der Waals surface area contributed by atoms with Gasteiger partial charge in [0.25, 0.3) is 0 Å². The molecule has 0 saturated heterocycles. The second-order valence-electron chi connectivity index (χ2n) is 4.30. The number of aromatic nitrogens is 2. The zero-order valence-electron chi connectivity index (χ0n) is 11.0. The molecule has 1 heterocycles. The highest BCUT2D eigenvalue weighted by Gasteiger charge is 2.11. The lowest BCUT2D eigenvalue weighted by molar-refractivity contribution is 0.0696. The highest BCUT2D eigenvalue weighted by molar-refractivity contribution is 5.89. The molecule has 1 aromatic heterocycles. The molecule has 7 heteroatoms. The van der Waals surface area contributed by atoms with Crippen molar-refractivity contribution in [2.75, 3.05) is 0 Å². The summed E-state index contributed by atoms with van der Waals surface area (Å²) < 4.78 is 0. The van der Waals surface area contributed by atoms with Crippen LogP contribution in [0.2, 0.25) is 0 Å². The summed E-state index contributed by atoms with van der Waals surface area (Å²) in [4.78, 5) is 17.4. The fraction of sp³-hybridized carbons (Fsp3) is 0.231. The first-order chi connectivity index (χ1) is 9.32. The van der Waals surface area contributed by atoms with Crippen molar-refractivity contribution in [2.24, 2.45) is 0 Å². The molecule has 2 rings (SSSR count). The molecule has 0 saturated carbocycles. The van der Waals surface area contributed by atoms with Crippen LogP contribution in [0.4, 0.5) is 0 Å². The van der Waals surface area contributed by atoms with Gasteiger partial charge in [-0.1, -0.05) is 13.8 Å². The molecule has 0 amide bonds. The smallest absolute Gasteiger partial charge is 0.335 e. The largest absolute Gasteiger partial charge is 0.504 e. The monoisotopic (exact) mass is 280 g/mol. The van der Waals surface area contributed by atoms with Gasteiger partial charge in [-0.05, 0) is 12.1 Å². The highest BCUT2D eigenvalue weighted by atomic mass is 16.4. The van der Waals surface area contributed by atoms with E-state index >= 15 is 0 Å². The first-order valence-corrected chi connectivity index (χ1v) is 5.80. The van der Waals surface area contributed by atoms with E-state index < -0.39 is 23.2 Å². The number of phenols is 3. The molecule has 0 radical (unpaired) electrons. The van der Waals surface area contributed by atoms with Gasteiger partial charge < -0.3 is 25.4 Å². The molecule has 2 aromatic rings. The number of rotatable bonds is 2. The van der Waals surface area contributed by atoms with Crippen molar-refractivity contribution in [2.45, 2.75) is 19.8 Å². The number of carboxylic acids is 1. The Morgan fingerprint density at radius 3 is 2.05 bits per heavy atom. The molecule has 7 nitrogen and oxygen atoms in total. The number of H-pyrrole nitrogens is 1. The van der Waals surface area contributed by atoms with Crippen LogP contribution in [-0.4, -0.2) is 36.4 Å². The summed E-state index contributed by atoms with van der Waals surface area (Å²) in [5, 5.41) is 35.0. The van der Waals surface area contributed by atoms with Crippen molar-refractivity contribution < 1.29 is 25.2 Å². The van der Waals surface area contributed by atoms with E-state index in [1.807, 2.05) is 6.20 Å². The van der Waals surface area contributed by atoms with E-state index in [0.29, 0.717) is 5.92 Å². The van der Waals surface area contributed by atoms with Gasteiger partial charge in [0, 0.05) is 18.3 Å². The Balaban J connectivity index is 0.000000217. The van der Waals surface area contributed by atoms with Crippen LogP contribution in [0.25, 0.3) is 0 Å². The maximum Gasteiger partial charge on any atom is 0.335 e. The van der Waals surface area contributed by atoms with E-state index in [1.165, 1.54) is 0 Å². The Hall–Kier alpha value is -2.70. The van der Waals surface area contributed by atoms with Crippen molar-refractivity contribution in [1.29, 1.82) is 0 Å². The number of aromatic carboxylic acids is 1. The van der Waals surface area contributed by atoms with E-state index in [9.17, 15) is 4.79 Å². The molecule has 20 heavy (non-hydrogen) atoms. The van der Waals surface area contributed by atoms with Crippen LogP contribution < -0.4 is 0 Å². The van der Waals surface area contributed by atoms with Crippen LogP contribution in [0.15, 0.2) is 24.5 Å². The van der Waals surface area contributed by atoms with E-state index in [2.05, 4.69) is 23.8 Å². The number of nitrogens with zero attached hydrogens (tertiary/aromatic N) is 1. The van der Waals surface area contributed by atoms with Crippen LogP contribution in [0, 0.1) is 0 Å². The lowest BCUT2D eigenvalue weighted by Crippen LogP contribution is -1.95. The van der Waals surface area contributed by atoms with Gasteiger partial charge >= 0.3 is 5.97 Å². The van der Waals surface area contributed by atoms with Crippen LogP contribution >= 0.6 is 0 Å². The molecule has 108 valence electrons. The second kappa shape index (κ2) is 6.46. The van der Waals surface area contributed by atoms with Gasteiger partial charge in [0.2, 0.25) is 0 Å². The number of carboxylic acid groups (broad SMARTS) is 1. The number of phenolic OH excluding ortho intramolecular Hbond substituents is 3. The molecule has 0 bridgehead atoms. The van der Waals surface area contributed by atoms with Crippen LogP contribution in [0.5, 0.6) is 17.2 Å². The number of hydrogen-bond acceptors (Lipinski definition) is 5. The number of hydrogen-bond donors (Lipinski definition) is 5. The Morgan fingerprint density at radius 2 is 1.75 bits per heavy atom. The Labute approximate surface area is 115 Å². The summed E-state index contributed by atoms with van der Waals surface area (Å²) in [6.07, 6.45) is 3.62. The summed E-state index contributed by atoms with van der Waals surface area (Å²) in [6.45, 7) is 4.22. The molecule has 0 spiro atoms. The molecule has 5 N–H and O–H groups in total. The summed E-state index contributed by atoms with van der Waals surface area (Å²) in [5.41, 5.74) is -0.289. The maximum absolute atomic E-state index is 10.3. The SMILES string of the molecule is CC(C)c1ncc[nH]1.O=C(O)c1cc(O)c(O)c(O)c1. The number of nitrogens with one attached hydrogen (secondary N) is 1. The molecule has 0 aliphatic carbocycles. The highest BCUT2D eigenvalue weighted by Crippen LogP contribution is 2.35. The van der Waals surface area contributed by atoms with Crippen molar-refractivity contribution in [1.82, 2.24) is 9.97 Å². The zero-order valence-corrected chi connectivity index (χ0v) is 11.0. The van der Waals surface area contributed by atoms with Crippen LogP contribution in [0.3, 0.4) is 0 Å². The van der Waals surface area contributed by atoms with E-state index in [1.54, 1.807) is 6.20 Å². The molecule has 1 aromatic carbocycles. The van der Waals surface area contributed by atoms with E-state index in [-0.39, 0.29) is 5.56 Å². The predicted molar refractivity (Wildman–Crippen MR) is 71.1 cm³/mol. The zero-order chi connectivity index (χ0) is 15.3. The fourth-order valence-corrected chi connectivity index (χ4v) is 1.32. The minimum atomic E-state index is -1.29. The quantitative estimate of drug-likeness (QED) is 0.536. The van der Waals surface area contributed by atoms with Gasteiger partial charge in [0.15, 0.2) is 17.2 Å². The van der Waals surface area contributed by atoms with Gasteiger partial charge in [-0.15, -0.1) is 0 Å². The first-order valence-electron chi connectivity index (χ1n) is 5.80. The number of carbonyl (C=O) groups is 1. The Kier molecular flexibility index (Phi) is 4.96. The van der Waals surface area contributed by atoms with Crippen LogP contribution in [0.1, 0.15) is 35.9 Å². The fourth-order valence-electron chi connectivity index (χ4n) is 1.32. The summed E-state index contributed by atoms with van der Waals surface area (Å²) in [5.74, 6) is -1.75. The average molecular weight is 280 g/mol. The van der Waals surface area contributed by atoms with Crippen molar-refractivity contribution in [3.05, 3.63) is 35.9 Å². The first kappa shape index (κ1) is 15.4. The van der Waals surface area contributed by atoms with Crippen molar-refractivity contribution >= 4 is 5.97 Å². The summed E-state index contributed by atoms with van der Waals surface area (Å²) >= 11 is 0. The molecular weight excluding hydrogens is 264 g/mol. The minimum Gasteiger partial charge on any atom is -0.504 e. The number of aromatic hydroxyl groups is 3. The number of benzene rings is 1. The average Bonchev–Trinajstić information content (AvgIpc) is 2.90. The van der Waals surface area contributed by atoms with Gasteiger partial charge in [-0.25, -0.2) is 9.78 Å². The maximum atomic E-state index is 10.3. The van der Waals surface area contributed by atoms with Gasteiger partial charge in [-0.2, -0.15) is 0 Å². The van der Waals surface area contributed by atoms with Crippen LogP contribution in [-0.2, 0) is 0 Å². The third kappa shape index (κ3) is 3.91. The van der Waals surface area contributed by atoms with Gasteiger partial charge in [-0.3, -0.25) is 0 Å². The topological polar surface area (TPSA) is 127 Å². The molecule has 0 atom stereocenters. The van der Waals surface area contributed by atoms with Crippen molar-refractivity contribution in [3.63, 3.8) is 0 Å². The van der Waals surface area contributed by atoms with Gasteiger partial charge in [0.1, 0.15) is 5.82 Å². The standard InChI is InChI=1S/C7H6O5.C6H10N2/c8-4-1-3(7(11)12)2-5(9)6(4)10;1-5(2)6-7-3-4-8-6/h1-2,8-10H,(H,11,12);3-5H,1-2H3,(H,7,8). The predicted octanol–water partition coefficient (Wildman–Crippen LogP) is 2.03. The summed E-state index contributed by atoms with van der Waals surface area (Å²) in [7, 11) is 0. The lowest BCUT2D eigenvalue weighted by atomic mass is 10.2. The lowest BCUT2D eigenvalue weighted by Gasteiger charge is -2.01. The second-order valence-corrected chi connectivity index (χ2v) is 4.30. The molecule has 0 aliphatic heterocycles. The van der Waals surface area contributed by atoms with Crippen molar-refractivity contribution in [3.8, 4) is 17.2 Å². The van der Waals surface area contributed by atoms with Gasteiger partial charge in [0.05, 0.1) is 5.56 Å². The van der Waals surface area contributed by atoms with E-state index in [0.717, 1.165) is 18.0 Å². The Morgan fingerprint density at radius 1 is 1.20 bits per heavy atom. The van der Waals surface area contributed by atoms with E-state index in [4.69, 9.17) is 20.4 Å². The minimum absolute atomic E-state index is 0.289. The number of aromatic amines is 1. The third-order valence-electron chi connectivity index (χ3n) is 2.38. The third-order valence-corrected chi connectivity index (χ3v) is 2.38. The Bertz CT molecular complexity index is 555.